The van der Waals surface area contributed by atoms with E-state index in [1.807, 2.05) is 6.92 Å². The highest BCUT2D eigenvalue weighted by Crippen LogP contribution is 2.18. The molecule has 1 N–H and O–H groups in total. The molecular formula is C5H10Cl2O. The first-order chi connectivity index (χ1) is 3.68. The number of hydrogen-bond acceptors (Lipinski definition) is 1. The molecule has 0 spiro atoms. The van der Waals surface area contributed by atoms with Gasteiger partial charge in [0.1, 0.15) is 0 Å². The average molecular weight is 157 g/mol. The lowest BCUT2D eigenvalue weighted by atomic mass is 9.98. The molecule has 0 aliphatic heterocycles. The minimum absolute atomic E-state index is 0.0556. The highest BCUT2D eigenvalue weighted by atomic mass is 35.5. The first-order valence-corrected chi connectivity index (χ1v) is 3.48. The fraction of sp³-hybridized carbons (Fsp3) is 1.00. The molecule has 0 rings (SSSR count). The van der Waals surface area contributed by atoms with Crippen molar-refractivity contribution in [2.24, 2.45) is 5.41 Å². The summed E-state index contributed by atoms with van der Waals surface area (Å²) in [6.45, 7) is 1.90. The summed E-state index contributed by atoms with van der Waals surface area (Å²) >= 11 is 10.9. The molecule has 0 saturated carbocycles. The largest absolute Gasteiger partial charge is 0.396 e. The van der Waals surface area contributed by atoms with Crippen molar-refractivity contribution >= 4 is 23.2 Å². The Kier molecular flexibility index (Phi) is 3.78. The van der Waals surface area contributed by atoms with Gasteiger partial charge in [0, 0.05) is 17.2 Å². The second-order valence-corrected chi connectivity index (χ2v) is 2.77. The van der Waals surface area contributed by atoms with E-state index in [1.54, 1.807) is 0 Å². The van der Waals surface area contributed by atoms with E-state index >= 15 is 0 Å². The summed E-state index contributed by atoms with van der Waals surface area (Å²) in [6, 6.07) is 0. The van der Waals surface area contributed by atoms with Gasteiger partial charge in [0.05, 0.1) is 6.61 Å². The van der Waals surface area contributed by atoms with Gasteiger partial charge in [-0.3, -0.25) is 0 Å². The minimum Gasteiger partial charge on any atom is -0.396 e. The van der Waals surface area contributed by atoms with Crippen molar-refractivity contribution in [1.29, 1.82) is 0 Å². The lowest BCUT2D eigenvalue weighted by Gasteiger charge is -2.19. The Bertz CT molecular complexity index is 53.2. The molecule has 0 bridgehead atoms. The molecule has 0 unspecified atom stereocenters. The lowest BCUT2D eigenvalue weighted by Crippen LogP contribution is -2.24. The van der Waals surface area contributed by atoms with Gasteiger partial charge in [0.25, 0.3) is 0 Å². The molecule has 0 atom stereocenters. The predicted octanol–water partition coefficient (Wildman–Crippen LogP) is 1.46. The summed E-state index contributed by atoms with van der Waals surface area (Å²) in [5, 5.41) is 8.62. The molecular weight excluding hydrogens is 147 g/mol. The quantitative estimate of drug-likeness (QED) is 0.615. The van der Waals surface area contributed by atoms with Gasteiger partial charge in [0.15, 0.2) is 0 Å². The van der Waals surface area contributed by atoms with Gasteiger partial charge in [-0.1, -0.05) is 6.92 Å². The zero-order valence-corrected chi connectivity index (χ0v) is 6.34. The lowest BCUT2D eigenvalue weighted by molar-refractivity contribution is 0.182. The van der Waals surface area contributed by atoms with Crippen molar-refractivity contribution in [3.63, 3.8) is 0 Å². The molecule has 0 fully saturated rings. The van der Waals surface area contributed by atoms with Crippen LogP contribution in [0.15, 0.2) is 0 Å². The third-order valence-electron chi connectivity index (χ3n) is 1.03. The Morgan fingerprint density at radius 3 is 1.75 bits per heavy atom. The third-order valence-corrected chi connectivity index (χ3v) is 2.32. The van der Waals surface area contributed by atoms with Crippen LogP contribution in [-0.4, -0.2) is 23.5 Å². The molecule has 0 heterocycles. The topological polar surface area (TPSA) is 20.2 Å². The van der Waals surface area contributed by atoms with Crippen LogP contribution >= 0.6 is 23.2 Å². The summed E-state index contributed by atoms with van der Waals surface area (Å²) in [7, 11) is 0. The molecule has 0 amide bonds. The summed E-state index contributed by atoms with van der Waals surface area (Å²) in [5.74, 6) is 0.819. The highest BCUT2D eigenvalue weighted by Gasteiger charge is 2.19. The second-order valence-electron chi connectivity index (χ2n) is 2.24. The molecule has 0 saturated heterocycles. The Balaban J connectivity index is 3.58. The fourth-order valence-corrected chi connectivity index (χ4v) is 0.575. The van der Waals surface area contributed by atoms with E-state index in [2.05, 4.69) is 0 Å². The van der Waals surface area contributed by atoms with E-state index in [0.29, 0.717) is 11.8 Å². The number of alkyl halides is 2. The fourth-order valence-electron chi connectivity index (χ4n) is 0.120. The smallest absolute Gasteiger partial charge is 0.0507 e. The van der Waals surface area contributed by atoms with Gasteiger partial charge in [0.2, 0.25) is 0 Å². The Hall–Kier alpha value is 0.540. The van der Waals surface area contributed by atoms with Crippen molar-refractivity contribution in [1.82, 2.24) is 0 Å². The number of halogens is 2. The van der Waals surface area contributed by atoms with Crippen molar-refractivity contribution in [3.8, 4) is 0 Å². The zero-order chi connectivity index (χ0) is 6.62. The van der Waals surface area contributed by atoms with Gasteiger partial charge in [-0.2, -0.15) is 0 Å². The minimum atomic E-state index is -0.289. The van der Waals surface area contributed by atoms with Crippen molar-refractivity contribution in [2.45, 2.75) is 6.92 Å². The predicted molar refractivity (Wildman–Crippen MR) is 36.6 cm³/mol. The average Bonchev–Trinajstić information content (AvgIpc) is 1.87. The van der Waals surface area contributed by atoms with Crippen LogP contribution < -0.4 is 0 Å². The van der Waals surface area contributed by atoms with E-state index in [4.69, 9.17) is 28.3 Å². The van der Waals surface area contributed by atoms with Crippen molar-refractivity contribution in [2.75, 3.05) is 18.4 Å². The number of rotatable bonds is 3. The normalized spacial score (nSPS) is 12.0. The molecule has 0 aromatic carbocycles. The molecule has 50 valence electrons. The van der Waals surface area contributed by atoms with Crippen LogP contribution in [0.3, 0.4) is 0 Å². The highest BCUT2D eigenvalue weighted by molar-refractivity contribution is 6.21. The Morgan fingerprint density at radius 2 is 1.75 bits per heavy atom. The van der Waals surface area contributed by atoms with Crippen molar-refractivity contribution in [3.05, 3.63) is 0 Å². The van der Waals surface area contributed by atoms with Crippen LogP contribution in [0, 0.1) is 5.41 Å². The van der Waals surface area contributed by atoms with Gasteiger partial charge in [-0.05, 0) is 0 Å². The van der Waals surface area contributed by atoms with E-state index < -0.39 is 0 Å². The first kappa shape index (κ1) is 8.54. The van der Waals surface area contributed by atoms with Crippen LogP contribution in [0.5, 0.6) is 0 Å². The van der Waals surface area contributed by atoms with E-state index in [-0.39, 0.29) is 12.0 Å². The summed E-state index contributed by atoms with van der Waals surface area (Å²) in [6.07, 6.45) is 0. The molecule has 3 heteroatoms. The molecule has 0 radical (unpaired) electrons. The molecule has 0 aromatic rings. The first-order valence-electron chi connectivity index (χ1n) is 2.41. The SMILES string of the molecule is CC(CO)(CCl)CCl. The molecule has 0 aliphatic rings. The molecule has 8 heavy (non-hydrogen) atoms. The van der Waals surface area contributed by atoms with Crippen LogP contribution in [0.2, 0.25) is 0 Å². The molecule has 0 aliphatic carbocycles. The number of aliphatic hydroxyl groups is 1. The van der Waals surface area contributed by atoms with Crippen LogP contribution in [0.25, 0.3) is 0 Å². The summed E-state index contributed by atoms with van der Waals surface area (Å²) in [4.78, 5) is 0. The molecule has 1 nitrogen and oxygen atoms in total. The van der Waals surface area contributed by atoms with E-state index in [1.165, 1.54) is 0 Å². The maximum atomic E-state index is 8.62. The number of aliphatic hydroxyl groups excluding tert-OH is 1. The van der Waals surface area contributed by atoms with Crippen molar-refractivity contribution < 1.29 is 5.11 Å². The van der Waals surface area contributed by atoms with Gasteiger partial charge in [-0.15, -0.1) is 23.2 Å². The molecule has 0 aromatic heterocycles. The van der Waals surface area contributed by atoms with Crippen LogP contribution in [0.4, 0.5) is 0 Å². The van der Waals surface area contributed by atoms with Gasteiger partial charge in [-0.25, -0.2) is 0 Å². The standard InChI is InChI=1S/C5H10Cl2O/c1-5(2-6,3-7)4-8/h8H,2-4H2,1H3. The maximum absolute atomic E-state index is 8.62. The Labute approximate surface area is 59.6 Å². The van der Waals surface area contributed by atoms with Gasteiger partial charge < -0.3 is 5.11 Å². The Morgan fingerprint density at radius 1 is 1.38 bits per heavy atom. The summed E-state index contributed by atoms with van der Waals surface area (Å²) in [5.41, 5.74) is -0.289. The maximum Gasteiger partial charge on any atom is 0.0507 e. The number of hydrogen-bond donors (Lipinski definition) is 1. The zero-order valence-electron chi connectivity index (χ0n) is 4.82. The van der Waals surface area contributed by atoms with E-state index in [9.17, 15) is 0 Å². The monoisotopic (exact) mass is 156 g/mol. The van der Waals surface area contributed by atoms with E-state index in [0.717, 1.165) is 0 Å². The summed E-state index contributed by atoms with van der Waals surface area (Å²) < 4.78 is 0. The third kappa shape index (κ3) is 2.21. The second kappa shape index (κ2) is 3.54. The van der Waals surface area contributed by atoms with Gasteiger partial charge >= 0.3 is 0 Å². The van der Waals surface area contributed by atoms with Crippen LogP contribution in [0.1, 0.15) is 6.92 Å². The van der Waals surface area contributed by atoms with Crippen LogP contribution in [-0.2, 0) is 0 Å².